The number of carbonyl (C=O) groups excluding carboxylic acids is 1. The number of carbonyl (C=O) groups is 1. The van der Waals surface area contributed by atoms with Crippen molar-refractivity contribution < 1.29 is 9.53 Å². The molecule has 17 heavy (non-hydrogen) atoms. The molecule has 4 nitrogen and oxygen atoms in total. The lowest BCUT2D eigenvalue weighted by atomic mass is 10.0. The van der Waals surface area contributed by atoms with Gasteiger partial charge in [0.15, 0.2) is 0 Å². The number of ether oxygens (including phenoxy) is 1. The minimum atomic E-state index is 0.236. The van der Waals surface area contributed by atoms with Crippen LogP contribution >= 0.6 is 0 Å². The van der Waals surface area contributed by atoms with Gasteiger partial charge in [-0.2, -0.15) is 0 Å². The molecule has 0 aromatic heterocycles. The highest BCUT2D eigenvalue weighted by Crippen LogP contribution is 2.60. The summed E-state index contributed by atoms with van der Waals surface area (Å²) in [6.45, 7) is 4.46. The third kappa shape index (κ3) is 2.63. The Hall–Kier alpha value is -0.610. The monoisotopic (exact) mass is 238 g/mol. The Labute approximate surface area is 103 Å². The minimum absolute atomic E-state index is 0.236. The highest BCUT2D eigenvalue weighted by molar-refractivity contribution is 5.78. The van der Waals surface area contributed by atoms with Crippen LogP contribution < -0.4 is 5.32 Å². The molecule has 96 valence electrons. The maximum absolute atomic E-state index is 11.9. The fraction of sp³-hybridized carbons (Fsp3) is 0.923. The van der Waals surface area contributed by atoms with Gasteiger partial charge in [-0.25, -0.2) is 0 Å². The van der Waals surface area contributed by atoms with Gasteiger partial charge >= 0.3 is 0 Å². The first-order valence-corrected chi connectivity index (χ1v) is 6.86. The predicted molar refractivity (Wildman–Crippen MR) is 64.7 cm³/mol. The van der Waals surface area contributed by atoms with Gasteiger partial charge in [-0.1, -0.05) is 0 Å². The first-order chi connectivity index (χ1) is 8.30. The second kappa shape index (κ2) is 4.58. The van der Waals surface area contributed by atoms with Crippen molar-refractivity contribution in [1.82, 2.24) is 10.2 Å². The fourth-order valence-electron chi connectivity index (χ4n) is 2.93. The molecule has 0 aromatic carbocycles. The highest BCUT2D eigenvalue weighted by atomic mass is 16.5. The zero-order chi connectivity index (χ0) is 11.7. The normalized spacial score (nSPS) is 26.9. The van der Waals surface area contributed by atoms with E-state index < -0.39 is 0 Å². The Morgan fingerprint density at radius 1 is 1.29 bits per heavy atom. The third-order valence-corrected chi connectivity index (χ3v) is 4.45. The lowest BCUT2D eigenvalue weighted by molar-refractivity contribution is -0.134. The molecule has 0 aromatic rings. The van der Waals surface area contributed by atoms with Crippen LogP contribution in [0.25, 0.3) is 0 Å². The van der Waals surface area contributed by atoms with Crippen LogP contribution in [0.1, 0.15) is 25.7 Å². The molecule has 3 rings (SSSR count). The van der Waals surface area contributed by atoms with Gasteiger partial charge in [-0.15, -0.1) is 0 Å². The Bertz CT molecular complexity index is 292. The molecule has 0 radical (unpaired) electrons. The second-order valence-electron chi connectivity index (χ2n) is 5.73. The van der Waals surface area contributed by atoms with E-state index in [-0.39, 0.29) is 5.91 Å². The number of morpholine rings is 1. The molecule has 0 spiro atoms. The van der Waals surface area contributed by atoms with Gasteiger partial charge in [-0.3, -0.25) is 4.79 Å². The van der Waals surface area contributed by atoms with Crippen molar-refractivity contribution in [3.05, 3.63) is 0 Å². The molecule has 1 aliphatic heterocycles. The summed E-state index contributed by atoms with van der Waals surface area (Å²) in [4.78, 5) is 13.8. The summed E-state index contributed by atoms with van der Waals surface area (Å²) >= 11 is 0. The van der Waals surface area contributed by atoms with Crippen molar-refractivity contribution in [3.8, 4) is 0 Å². The van der Waals surface area contributed by atoms with Gasteiger partial charge in [0.25, 0.3) is 0 Å². The lowest BCUT2D eigenvalue weighted by Gasteiger charge is -2.27. The van der Waals surface area contributed by atoms with Gasteiger partial charge in [0.05, 0.1) is 19.8 Å². The van der Waals surface area contributed by atoms with Crippen molar-refractivity contribution in [1.29, 1.82) is 0 Å². The summed E-state index contributed by atoms with van der Waals surface area (Å²) < 4.78 is 5.24. The maximum Gasteiger partial charge on any atom is 0.236 e. The van der Waals surface area contributed by atoms with Crippen LogP contribution in [-0.4, -0.2) is 50.2 Å². The molecule has 0 bridgehead atoms. The molecular formula is C13H22N2O2. The van der Waals surface area contributed by atoms with E-state index >= 15 is 0 Å². The Morgan fingerprint density at radius 3 is 2.59 bits per heavy atom. The molecule has 0 unspecified atom stereocenters. The van der Waals surface area contributed by atoms with Crippen molar-refractivity contribution in [3.63, 3.8) is 0 Å². The second-order valence-corrected chi connectivity index (χ2v) is 5.73. The fourth-order valence-corrected chi connectivity index (χ4v) is 2.93. The summed E-state index contributed by atoms with van der Waals surface area (Å²) in [6, 6.07) is 0. The van der Waals surface area contributed by atoms with E-state index in [0.717, 1.165) is 25.6 Å². The molecule has 2 saturated carbocycles. The predicted octanol–water partition coefficient (Wildman–Crippen LogP) is 0.625. The quantitative estimate of drug-likeness (QED) is 0.763. The molecule has 1 saturated heterocycles. The largest absolute Gasteiger partial charge is 0.378 e. The number of nitrogens with zero attached hydrogens (tertiary/aromatic N) is 1. The minimum Gasteiger partial charge on any atom is -0.378 e. The lowest BCUT2D eigenvalue weighted by Crippen LogP contribution is -2.45. The average molecular weight is 238 g/mol. The first-order valence-electron chi connectivity index (χ1n) is 6.86. The van der Waals surface area contributed by atoms with Gasteiger partial charge < -0.3 is 15.0 Å². The van der Waals surface area contributed by atoms with Crippen molar-refractivity contribution in [2.45, 2.75) is 25.7 Å². The molecule has 3 fully saturated rings. The number of hydrogen-bond acceptors (Lipinski definition) is 3. The molecule has 1 heterocycles. The van der Waals surface area contributed by atoms with Crippen LogP contribution in [0.15, 0.2) is 0 Å². The van der Waals surface area contributed by atoms with Crippen LogP contribution in [0, 0.1) is 11.3 Å². The number of amides is 1. The first kappa shape index (κ1) is 11.5. The number of hydrogen-bond donors (Lipinski definition) is 1. The molecule has 4 heteroatoms. The number of nitrogens with one attached hydrogen (secondary N) is 1. The molecule has 1 N–H and O–H groups in total. The smallest absolute Gasteiger partial charge is 0.236 e. The topological polar surface area (TPSA) is 41.6 Å². The van der Waals surface area contributed by atoms with Crippen LogP contribution in [0.2, 0.25) is 0 Å². The van der Waals surface area contributed by atoms with Crippen molar-refractivity contribution in [2.24, 2.45) is 11.3 Å². The zero-order valence-electron chi connectivity index (χ0n) is 10.4. The van der Waals surface area contributed by atoms with Crippen LogP contribution in [0.4, 0.5) is 0 Å². The molecular weight excluding hydrogens is 216 g/mol. The molecule has 1 amide bonds. The van der Waals surface area contributed by atoms with Gasteiger partial charge in [0.1, 0.15) is 0 Å². The van der Waals surface area contributed by atoms with E-state index in [4.69, 9.17) is 4.74 Å². The van der Waals surface area contributed by atoms with Gasteiger partial charge in [-0.05, 0) is 37.0 Å². The Morgan fingerprint density at radius 2 is 2.00 bits per heavy atom. The van der Waals surface area contributed by atoms with Crippen LogP contribution in [0.5, 0.6) is 0 Å². The summed E-state index contributed by atoms with van der Waals surface area (Å²) in [5, 5.41) is 3.37. The third-order valence-electron chi connectivity index (χ3n) is 4.45. The van der Waals surface area contributed by atoms with Crippen LogP contribution in [0.3, 0.4) is 0 Å². The van der Waals surface area contributed by atoms with Crippen molar-refractivity contribution >= 4 is 5.91 Å². The Balaban J connectivity index is 1.37. The van der Waals surface area contributed by atoms with Crippen molar-refractivity contribution in [2.75, 3.05) is 39.4 Å². The summed E-state index contributed by atoms with van der Waals surface area (Å²) in [7, 11) is 0. The SMILES string of the molecule is O=C(CNCC1(C2CC2)CC1)N1CCOCC1. The average Bonchev–Trinajstić information content (AvgIpc) is 3.23. The standard InChI is InChI=1S/C13H22N2O2/c16-12(15-5-7-17-8-6-15)9-14-10-13(3-4-13)11-1-2-11/h11,14H,1-10H2. The van der Waals surface area contributed by atoms with E-state index in [2.05, 4.69) is 5.32 Å². The van der Waals surface area contributed by atoms with E-state index in [1.54, 1.807) is 0 Å². The van der Waals surface area contributed by atoms with Gasteiger partial charge in [0.2, 0.25) is 5.91 Å². The van der Waals surface area contributed by atoms with Crippen LogP contribution in [-0.2, 0) is 9.53 Å². The van der Waals surface area contributed by atoms with E-state index in [1.165, 1.54) is 25.7 Å². The Kier molecular flexibility index (Phi) is 3.09. The molecule has 0 atom stereocenters. The summed E-state index contributed by atoms with van der Waals surface area (Å²) in [5.74, 6) is 1.20. The zero-order valence-corrected chi connectivity index (χ0v) is 10.4. The van der Waals surface area contributed by atoms with E-state index in [0.29, 0.717) is 25.2 Å². The number of rotatable bonds is 5. The summed E-state index contributed by atoms with van der Waals surface area (Å²) in [6.07, 6.45) is 5.57. The van der Waals surface area contributed by atoms with Gasteiger partial charge in [0, 0.05) is 19.6 Å². The highest BCUT2D eigenvalue weighted by Gasteiger charge is 2.53. The summed E-state index contributed by atoms with van der Waals surface area (Å²) in [5.41, 5.74) is 0.589. The molecule has 2 aliphatic carbocycles. The van der Waals surface area contributed by atoms with E-state index in [1.807, 2.05) is 4.90 Å². The maximum atomic E-state index is 11.9. The molecule has 3 aliphatic rings. The van der Waals surface area contributed by atoms with E-state index in [9.17, 15) is 4.79 Å².